The molecule has 0 aliphatic carbocycles. The second-order valence-electron chi connectivity index (χ2n) is 5.03. The first kappa shape index (κ1) is 17.1. The first-order valence-corrected chi connectivity index (χ1v) is 8.51. The van der Waals surface area contributed by atoms with Crippen molar-refractivity contribution in [2.45, 2.75) is 13.5 Å². The maximum Gasteiger partial charge on any atom is 0.240 e. The average Bonchev–Trinajstić information content (AvgIpc) is 2.84. The van der Waals surface area contributed by atoms with Crippen molar-refractivity contribution in [2.75, 3.05) is 18.1 Å². The predicted octanol–water partition coefficient (Wildman–Crippen LogP) is 1.52. The van der Waals surface area contributed by atoms with Crippen LogP contribution in [0.1, 0.15) is 11.3 Å². The van der Waals surface area contributed by atoms with Gasteiger partial charge >= 0.3 is 0 Å². The number of rotatable bonds is 6. The SMILES string of the molecule is Cc1cc(NC(=O)CN(Cc2ccc(F)cc2)S(C)(=O)=O)no1. The van der Waals surface area contributed by atoms with Gasteiger partial charge in [-0.15, -0.1) is 0 Å². The molecule has 9 heteroatoms. The van der Waals surface area contributed by atoms with Gasteiger partial charge in [0.05, 0.1) is 12.8 Å². The van der Waals surface area contributed by atoms with Gasteiger partial charge in [0.25, 0.3) is 0 Å². The molecule has 1 amide bonds. The summed E-state index contributed by atoms with van der Waals surface area (Å²) in [6.07, 6.45) is 1.00. The fourth-order valence-corrected chi connectivity index (χ4v) is 2.59. The molecule has 2 aromatic rings. The van der Waals surface area contributed by atoms with Crippen molar-refractivity contribution in [3.63, 3.8) is 0 Å². The summed E-state index contributed by atoms with van der Waals surface area (Å²) in [5, 5.41) is 6.05. The van der Waals surface area contributed by atoms with Gasteiger partial charge in [-0.3, -0.25) is 4.79 Å². The van der Waals surface area contributed by atoms with E-state index < -0.39 is 21.7 Å². The summed E-state index contributed by atoms with van der Waals surface area (Å²) < 4.78 is 42.4. The third-order valence-electron chi connectivity index (χ3n) is 2.96. The first-order valence-electron chi connectivity index (χ1n) is 6.67. The van der Waals surface area contributed by atoms with Crippen LogP contribution >= 0.6 is 0 Å². The minimum absolute atomic E-state index is 0.0373. The zero-order chi connectivity index (χ0) is 17.0. The number of hydrogen-bond donors (Lipinski definition) is 1. The molecule has 0 aliphatic rings. The lowest BCUT2D eigenvalue weighted by atomic mass is 10.2. The summed E-state index contributed by atoms with van der Waals surface area (Å²) in [6.45, 7) is 1.24. The molecule has 2 rings (SSSR count). The van der Waals surface area contributed by atoms with Crippen LogP contribution in [0.5, 0.6) is 0 Å². The number of halogens is 1. The van der Waals surface area contributed by atoms with Crippen molar-refractivity contribution in [3.8, 4) is 0 Å². The Hall–Kier alpha value is -2.26. The molecule has 1 heterocycles. The van der Waals surface area contributed by atoms with E-state index in [0.29, 0.717) is 11.3 Å². The van der Waals surface area contributed by atoms with Gasteiger partial charge < -0.3 is 9.84 Å². The van der Waals surface area contributed by atoms with Crippen LogP contribution in [-0.4, -0.2) is 36.6 Å². The highest BCUT2D eigenvalue weighted by Gasteiger charge is 2.21. The van der Waals surface area contributed by atoms with E-state index >= 15 is 0 Å². The lowest BCUT2D eigenvalue weighted by Crippen LogP contribution is -2.36. The fraction of sp³-hybridized carbons (Fsp3) is 0.286. The number of nitrogens with one attached hydrogen (secondary N) is 1. The van der Waals surface area contributed by atoms with Crippen molar-refractivity contribution in [1.29, 1.82) is 0 Å². The van der Waals surface area contributed by atoms with E-state index in [9.17, 15) is 17.6 Å². The van der Waals surface area contributed by atoms with Crippen LogP contribution < -0.4 is 5.32 Å². The van der Waals surface area contributed by atoms with E-state index in [2.05, 4.69) is 10.5 Å². The Morgan fingerprint density at radius 2 is 2.00 bits per heavy atom. The van der Waals surface area contributed by atoms with Crippen LogP contribution in [-0.2, 0) is 21.4 Å². The summed E-state index contributed by atoms with van der Waals surface area (Å²) in [5.74, 6) is -0.237. The Bertz CT molecular complexity index is 787. The molecule has 0 spiro atoms. The van der Waals surface area contributed by atoms with Crippen LogP contribution in [0, 0.1) is 12.7 Å². The van der Waals surface area contributed by atoms with Crippen molar-refractivity contribution >= 4 is 21.7 Å². The largest absolute Gasteiger partial charge is 0.360 e. The number of aryl methyl sites for hydroxylation is 1. The molecular weight excluding hydrogens is 325 g/mol. The standard InChI is InChI=1S/C14H16FN3O4S/c1-10-7-13(17-22-10)16-14(19)9-18(23(2,20)21)8-11-3-5-12(15)6-4-11/h3-7H,8-9H2,1-2H3,(H,16,17,19). The monoisotopic (exact) mass is 341 g/mol. The second kappa shape index (κ2) is 6.88. The Labute approximate surface area is 133 Å². The minimum atomic E-state index is -3.62. The lowest BCUT2D eigenvalue weighted by Gasteiger charge is -2.19. The summed E-state index contributed by atoms with van der Waals surface area (Å²) in [4.78, 5) is 12.0. The summed E-state index contributed by atoms with van der Waals surface area (Å²) in [6, 6.07) is 6.91. The van der Waals surface area contributed by atoms with Crippen molar-refractivity contribution < 1.29 is 22.1 Å². The zero-order valence-electron chi connectivity index (χ0n) is 12.6. The molecule has 0 aliphatic heterocycles. The van der Waals surface area contributed by atoms with E-state index in [-0.39, 0.29) is 18.9 Å². The molecule has 7 nitrogen and oxygen atoms in total. The highest BCUT2D eigenvalue weighted by molar-refractivity contribution is 7.88. The molecule has 0 fully saturated rings. The second-order valence-corrected chi connectivity index (χ2v) is 7.01. The number of anilines is 1. The van der Waals surface area contributed by atoms with Gasteiger partial charge in [-0.1, -0.05) is 17.3 Å². The van der Waals surface area contributed by atoms with Gasteiger partial charge in [0.15, 0.2) is 5.82 Å². The Balaban J connectivity index is 2.06. The quantitative estimate of drug-likeness (QED) is 0.860. The molecule has 0 atom stereocenters. The van der Waals surface area contributed by atoms with Gasteiger partial charge in [-0.05, 0) is 24.6 Å². The minimum Gasteiger partial charge on any atom is -0.360 e. The number of amides is 1. The van der Waals surface area contributed by atoms with E-state index in [4.69, 9.17) is 4.52 Å². The van der Waals surface area contributed by atoms with Gasteiger partial charge in [0.1, 0.15) is 11.6 Å². The number of carbonyl (C=O) groups excluding carboxylic acids is 1. The van der Waals surface area contributed by atoms with Gasteiger partial charge in [0, 0.05) is 12.6 Å². The van der Waals surface area contributed by atoms with Gasteiger partial charge in [0.2, 0.25) is 15.9 Å². The van der Waals surface area contributed by atoms with Crippen LogP contribution in [0.4, 0.5) is 10.2 Å². The normalized spacial score (nSPS) is 11.7. The topological polar surface area (TPSA) is 92.5 Å². The number of carbonyl (C=O) groups is 1. The molecule has 0 saturated carbocycles. The van der Waals surface area contributed by atoms with Crippen LogP contribution in [0.3, 0.4) is 0 Å². The smallest absolute Gasteiger partial charge is 0.240 e. The van der Waals surface area contributed by atoms with E-state index in [0.717, 1.165) is 10.6 Å². The summed E-state index contributed by atoms with van der Waals surface area (Å²) >= 11 is 0. The highest BCUT2D eigenvalue weighted by atomic mass is 32.2. The van der Waals surface area contributed by atoms with Crippen LogP contribution in [0.25, 0.3) is 0 Å². The number of nitrogens with zero attached hydrogens (tertiary/aromatic N) is 2. The molecule has 0 radical (unpaired) electrons. The molecule has 1 N–H and O–H groups in total. The number of sulfonamides is 1. The summed E-state index contributed by atoms with van der Waals surface area (Å²) in [7, 11) is -3.62. The Morgan fingerprint density at radius 3 is 2.52 bits per heavy atom. The lowest BCUT2D eigenvalue weighted by molar-refractivity contribution is -0.116. The van der Waals surface area contributed by atoms with Gasteiger partial charge in [-0.2, -0.15) is 4.31 Å². The van der Waals surface area contributed by atoms with Gasteiger partial charge in [-0.25, -0.2) is 12.8 Å². The van der Waals surface area contributed by atoms with Crippen molar-refractivity contribution in [3.05, 3.63) is 47.5 Å². The Morgan fingerprint density at radius 1 is 1.35 bits per heavy atom. The summed E-state index contributed by atoms with van der Waals surface area (Å²) in [5.41, 5.74) is 0.571. The first-order chi connectivity index (χ1) is 10.7. The van der Waals surface area contributed by atoms with Crippen molar-refractivity contribution in [1.82, 2.24) is 9.46 Å². The predicted molar refractivity (Wildman–Crippen MR) is 81.5 cm³/mol. The molecule has 0 saturated heterocycles. The molecule has 0 bridgehead atoms. The van der Waals surface area contributed by atoms with Crippen molar-refractivity contribution in [2.24, 2.45) is 0 Å². The maximum absolute atomic E-state index is 12.9. The highest BCUT2D eigenvalue weighted by Crippen LogP contribution is 2.11. The van der Waals surface area contributed by atoms with E-state index in [1.165, 1.54) is 30.3 Å². The molecular formula is C14H16FN3O4S. The van der Waals surface area contributed by atoms with E-state index in [1.807, 2.05) is 0 Å². The van der Waals surface area contributed by atoms with Crippen LogP contribution in [0.2, 0.25) is 0 Å². The Kier molecular flexibility index (Phi) is 5.12. The van der Waals surface area contributed by atoms with Crippen LogP contribution in [0.15, 0.2) is 34.9 Å². The maximum atomic E-state index is 12.9. The third-order valence-corrected chi connectivity index (χ3v) is 4.15. The molecule has 1 aromatic heterocycles. The molecule has 124 valence electrons. The zero-order valence-corrected chi connectivity index (χ0v) is 13.4. The number of hydrogen-bond acceptors (Lipinski definition) is 5. The molecule has 1 aromatic carbocycles. The molecule has 0 unspecified atom stereocenters. The average molecular weight is 341 g/mol. The molecule has 23 heavy (non-hydrogen) atoms. The fourth-order valence-electron chi connectivity index (χ4n) is 1.85. The number of benzene rings is 1. The number of aromatic nitrogens is 1. The van der Waals surface area contributed by atoms with E-state index in [1.54, 1.807) is 6.92 Å². The third kappa shape index (κ3) is 5.15.